The Labute approximate surface area is 244 Å². The van der Waals surface area contributed by atoms with Gasteiger partial charge in [0.2, 0.25) is 0 Å². The molecule has 1 atom stereocenters. The van der Waals surface area contributed by atoms with E-state index < -0.39 is 17.7 Å². The molecule has 3 aromatic carbocycles. The zero-order chi connectivity index (χ0) is 29.6. The number of methoxy groups -OCH3 is 1. The van der Waals surface area contributed by atoms with Crippen LogP contribution in [0.25, 0.3) is 5.76 Å². The number of carbonyl (C=O) groups excluding carboxylic acids is 2. The van der Waals surface area contributed by atoms with Gasteiger partial charge in [-0.05, 0) is 72.5 Å². The van der Waals surface area contributed by atoms with Crippen LogP contribution in [0.4, 0.5) is 0 Å². The van der Waals surface area contributed by atoms with Crippen LogP contribution in [0.3, 0.4) is 0 Å². The number of aliphatic hydroxyl groups is 1. The monoisotopic (exact) mass is 564 g/mol. The largest absolute Gasteiger partial charge is 0.507 e. The summed E-state index contributed by atoms with van der Waals surface area (Å²) in [6.07, 6.45) is 3.29. The van der Waals surface area contributed by atoms with Crippen LogP contribution in [-0.4, -0.2) is 40.4 Å². The number of benzene rings is 3. The van der Waals surface area contributed by atoms with E-state index >= 15 is 0 Å². The van der Waals surface area contributed by atoms with Crippen LogP contribution in [-0.2, 0) is 22.7 Å². The number of amides is 1. The number of hydrogen-bond donors (Lipinski definition) is 1. The topological polar surface area (TPSA) is 98.2 Å². The Hall–Kier alpha value is -5.11. The first-order chi connectivity index (χ1) is 20.4. The number of nitrogens with zero attached hydrogens (tertiary/aromatic N) is 2. The molecule has 1 N–H and O–H groups in total. The zero-order valence-corrected chi connectivity index (χ0v) is 23.7. The fraction of sp³-hybridized carbons (Fsp3) is 0.206. The normalized spacial score (nSPS) is 16.0. The zero-order valence-electron chi connectivity index (χ0n) is 23.7. The maximum absolute atomic E-state index is 13.6. The number of aromatic nitrogens is 1. The second kappa shape index (κ2) is 12.6. The van der Waals surface area contributed by atoms with Gasteiger partial charge in [0.1, 0.15) is 18.1 Å². The van der Waals surface area contributed by atoms with Crippen molar-refractivity contribution in [1.82, 2.24) is 9.88 Å². The number of Topliss-reactive ketones (excluding diaryl/α,β-unsaturated/α-hetero) is 1. The summed E-state index contributed by atoms with van der Waals surface area (Å²) in [5.74, 6) is -0.117. The van der Waals surface area contributed by atoms with E-state index in [0.29, 0.717) is 47.2 Å². The molecule has 1 amide bonds. The molecule has 1 fully saturated rings. The molecule has 4 aromatic rings. The van der Waals surface area contributed by atoms with Crippen molar-refractivity contribution in [3.8, 4) is 17.2 Å². The van der Waals surface area contributed by atoms with E-state index in [2.05, 4.69) is 4.98 Å². The Balaban J connectivity index is 1.56. The van der Waals surface area contributed by atoms with Gasteiger partial charge in [0.15, 0.2) is 11.5 Å². The van der Waals surface area contributed by atoms with Crippen LogP contribution in [0.15, 0.2) is 96.8 Å². The molecular formula is C34H32N2O6. The van der Waals surface area contributed by atoms with Gasteiger partial charge in [-0.15, -0.1) is 0 Å². The summed E-state index contributed by atoms with van der Waals surface area (Å²) < 4.78 is 17.2. The van der Waals surface area contributed by atoms with E-state index in [9.17, 15) is 14.7 Å². The molecule has 0 saturated carbocycles. The first kappa shape index (κ1) is 28.4. The number of hydrogen-bond acceptors (Lipinski definition) is 7. The highest BCUT2D eigenvalue weighted by Gasteiger charge is 2.46. The highest BCUT2D eigenvalue weighted by Crippen LogP contribution is 2.43. The van der Waals surface area contributed by atoms with Crippen LogP contribution >= 0.6 is 0 Å². The maximum atomic E-state index is 13.6. The fourth-order valence-corrected chi connectivity index (χ4v) is 5.08. The van der Waals surface area contributed by atoms with Crippen LogP contribution in [0, 0.1) is 6.92 Å². The van der Waals surface area contributed by atoms with Crippen molar-refractivity contribution >= 4 is 17.4 Å². The molecule has 5 rings (SSSR count). The van der Waals surface area contributed by atoms with Gasteiger partial charge in [-0.1, -0.05) is 42.5 Å². The molecule has 1 saturated heterocycles. The lowest BCUT2D eigenvalue weighted by Crippen LogP contribution is -2.29. The van der Waals surface area contributed by atoms with E-state index in [4.69, 9.17) is 14.2 Å². The average molecular weight is 565 g/mol. The summed E-state index contributed by atoms with van der Waals surface area (Å²) in [5.41, 5.74) is 3.50. The molecule has 214 valence electrons. The van der Waals surface area contributed by atoms with Gasteiger partial charge in [0.25, 0.3) is 11.7 Å². The van der Waals surface area contributed by atoms with Crippen molar-refractivity contribution < 1.29 is 28.9 Å². The van der Waals surface area contributed by atoms with Gasteiger partial charge in [-0.25, -0.2) is 0 Å². The Morgan fingerprint density at radius 3 is 2.40 bits per heavy atom. The molecule has 0 radical (unpaired) electrons. The van der Waals surface area contributed by atoms with Gasteiger partial charge >= 0.3 is 0 Å². The third kappa shape index (κ3) is 5.83. The standard InChI is InChI=1S/C34H32N2O6/c1-4-41-28-15-12-25(18-29(28)40-3)31-30(33(38)34(39)36(31)20-24-11-8-16-35-19-24)32(37)27-14-13-26(17-22(27)2)42-21-23-9-6-5-7-10-23/h5-19,31,37H,4,20-21H2,1-3H3/t31-/m0/s1. The minimum atomic E-state index is -0.872. The molecule has 0 aliphatic carbocycles. The van der Waals surface area contributed by atoms with Crippen LogP contribution in [0.5, 0.6) is 17.2 Å². The Bertz CT molecular complexity index is 1620. The number of rotatable bonds is 10. The number of pyridine rings is 1. The number of carbonyl (C=O) groups is 2. The molecule has 0 bridgehead atoms. The lowest BCUT2D eigenvalue weighted by Gasteiger charge is -2.26. The van der Waals surface area contributed by atoms with Crippen molar-refractivity contribution in [2.45, 2.75) is 33.0 Å². The summed E-state index contributed by atoms with van der Waals surface area (Å²) in [6.45, 7) is 4.66. The SMILES string of the molecule is CCOc1ccc([C@H]2C(=C(O)c3ccc(OCc4ccccc4)cc3C)C(=O)C(=O)N2Cc2cccnc2)cc1OC. The smallest absolute Gasteiger partial charge is 0.295 e. The predicted molar refractivity (Wildman–Crippen MR) is 158 cm³/mol. The maximum Gasteiger partial charge on any atom is 0.295 e. The van der Waals surface area contributed by atoms with Crippen LogP contribution in [0.2, 0.25) is 0 Å². The van der Waals surface area contributed by atoms with E-state index in [1.165, 1.54) is 12.0 Å². The molecule has 8 nitrogen and oxygen atoms in total. The quantitative estimate of drug-likeness (QED) is 0.143. The third-order valence-electron chi connectivity index (χ3n) is 7.12. The second-order valence-corrected chi connectivity index (χ2v) is 9.88. The molecule has 1 aliphatic heterocycles. The summed E-state index contributed by atoms with van der Waals surface area (Å²) >= 11 is 0. The number of aryl methyl sites for hydroxylation is 1. The lowest BCUT2D eigenvalue weighted by molar-refractivity contribution is -0.140. The molecular weight excluding hydrogens is 532 g/mol. The van der Waals surface area contributed by atoms with E-state index in [-0.39, 0.29) is 17.9 Å². The van der Waals surface area contributed by atoms with Crippen LogP contribution in [0.1, 0.15) is 40.8 Å². The van der Waals surface area contributed by atoms with Gasteiger partial charge in [-0.3, -0.25) is 14.6 Å². The molecule has 1 aliphatic rings. The van der Waals surface area contributed by atoms with Gasteiger partial charge in [-0.2, -0.15) is 0 Å². The Kier molecular flexibility index (Phi) is 8.52. The van der Waals surface area contributed by atoms with E-state index in [0.717, 1.165) is 11.1 Å². The Morgan fingerprint density at radius 2 is 1.71 bits per heavy atom. The molecule has 1 aromatic heterocycles. The van der Waals surface area contributed by atoms with Crippen molar-refractivity contribution in [2.24, 2.45) is 0 Å². The summed E-state index contributed by atoms with van der Waals surface area (Å²) in [6, 6.07) is 23.0. The minimum Gasteiger partial charge on any atom is -0.507 e. The van der Waals surface area contributed by atoms with Gasteiger partial charge < -0.3 is 24.2 Å². The molecule has 2 heterocycles. The van der Waals surface area contributed by atoms with E-state index in [1.54, 1.807) is 54.9 Å². The number of ketones is 1. The first-order valence-electron chi connectivity index (χ1n) is 13.7. The van der Waals surface area contributed by atoms with Gasteiger partial charge in [0, 0.05) is 24.5 Å². The predicted octanol–water partition coefficient (Wildman–Crippen LogP) is 6.00. The third-order valence-corrected chi connectivity index (χ3v) is 7.12. The van der Waals surface area contributed by atoms with Crippen molar-refractivity contribution in [3.05, 3.63) is 125 Å². The number of aliphatic hydroxyl groups excluding tert-OH is 1. The highest BCUT2D eigenvalue weighted by atomic mass is 16.5. The second-order valence-electron chi connectivity index (χ2n) is 9.88. The number of likely N-dealkylation sites (tertiary alicyclic amines) is 1. The van der Waals surface area contributed by atoms with E-state index in [1.807, 2.05) is 50.2 Å². The van der Waals surface area contributed by atoms with Crippen molar-refractivity contribution in [3.63, 3.8) is 0 Å². The van der Waals surface area contributed by atoms with Crippen molar-refractivity contribution in [2.75, 3.05) is 13.7 Å². The number of ether oxygens (including phenoxy) is 3. The fourth-order valence-electron chi connectivity index (χ4n) is 5.08. The summed E-state index contributed by atoms with van der Waals surface area (Å²) in [7, 11) is 1.53. The Morgan fingerprint density at radius 1 is 0.929 bits per heavy atom. The minimum absolute atomic E-state index is 0.00356. The molecule has 42 heavy (non-hydrogen) atoms. The first-order valence-corrected chi connectivity index (χ1v) is 13.7. The van der Waals surface area contributed by atoms with Crippen molar-refractivity contribution in [1.29, 1.82) is 0 Å². The van der Waals surface area contributed by atoms with Gasteiger partial charge in [0.05, 0.1) is 25.3 Å². The average Bonchev–Trinajstić information content (AvgIpc) is 3.26. The highest BCUT2D eigenvalue weighted by molar-refractivity contribution is 6.46. The lowest BCUT2D eigenvalue weighted by atomic mass is 9.93. The van der Waals surface area contributed by atoms with Crippen LogP contribution < -0.4 is 14.2 Å². The molecule has 0 unspecified atom stereocenters. The molecule has 0 spiro atoms. The summed E-state index contributed by atoms with van der Waals surface area (Å²) in [4.78, 5) is 32.6. The molecule has 8 heteroatoms. The summed E-state index contributed by atoms with van der Waals surface area (Å²) in [5, 5.41) is 11.6.